The van der Waals surface area contributed by atoms with Crippen LogP contribution in [0.3, 0.4) is 0 Å². The first-order valence-corrected chi connectivity index (χ1v) is 5.89. The first-order chi connectivity index (χ1) is 8.22. The summed E-state index contributed by atoms with van der Waals surface area (Å²) in [4.78, 5) is 10.9. The van der Waals surface area contributed by atoms with E-state index in [9.17, 15) is 5.11 Å². The van der Waals surface area contributed by atoms with Crippen molar-refractivity contribution in [2.24, 2.45) is 5.84 Å². The van der Waals surface area contributed by atoms with Crippen LogP contribution in [0.2, 0.25) is 0 Å². The van der Waals surface area contributed by atoms with Gasteiger partial charge >= 0.3 is 0 Å². The summed E-state index contributed by atoms with van der Waals surface area (Å²) in [6.45, 7) is 3.78. The number of aliphatic hydroxyl groups excluding tert-OH is 1. The van der Waals surface area contributed by atoms with E-state index in [-0.39, 0.29) is 12.6 Å². The lowest BCUT2D eigenvalue weighted by atomic mass is 10.2. The number of anilines is 1. The molecule has 6 nitrogen and oxygen atoms in total. The molecule has 1 saturated heterocycles. The van der Waals surface area contributed by atoms with Gasteiger partial charge in [-0.1, -0.05) is 0 Å². The van der Waals surface area contributed by atoms with Gasteiger partial charge in [0.2, 0.25) is 0 Å². The van der Waals surface area contributed by atoms with E-state index in [2.05, 4.69) is 20.3 Å². The Labute approximate surface area is 101 Å². The van der Waals surface area contributed by atoms with Crippen LogP contribution in [0.25, 0.3) is 0 Å². The zero-order chi connectivity index (χ0) is 12.3. The van der Waals surface area contributed by atoms with Gasteiger partial charge in [-0.25, -0.2) is 15.8 Å². The maximum absolute atomic E-state index is 9.25. The first-order valence-electron chi connectivity index (χ1n) is 5.89. The van der Waals surface area contributed by atoms with Crippen molar-refractivity contribution in [2.45, 2.75) is 32.4 Å². The van der Waals surface area contributed by atoms with Crippen molar-refractivity contribution in [1.82, 2.24) is 14.9 Å². The minimum atomic E-state index is 0.202. The van der Waals surface area contributed by atoms with Gasteiger partial charge in [0, 0.05) is 17.8 Å². The number of hydrogen-bond acceptors (Lipinski definition) is 6. The predicted molar refractivity (Wildman–Crippen MR) is 65.1 cm³/mol. The van der Waals surface area contributed by atoms with Gasteiger partial charge in [0.1, 0.15) is 11.6 Å². The molecule has 0 aromatic carbocycles. The normalized spacial score (nSPS) is 20.8. The number of nitrogens with zero attached hydrogens (tertiary/aromatic N) is 3. The summed E-state index contributed by atoms with van der Waals surface area (Å²) >= 11 is 0. The van der Waals surface area contributed by atoms with E-state index in [0.29, 0.717) is 12.4 Å². The average molecular weight is 237 g/mol. The summed E-state index contributed by atoms with van der Waals surface area (Å²) in [5, 5.41) is 9.25. The van der Waals surface area contributed by atoms with Gasteiger partial charge < -0.3 is 10.5 Å². The van der Waals surface area contributed by atoms with Crippen LogP contribution in [0.15, 0.2) is 6.07 Å². The standard InChI is InChI=1S/C11H19N5O/c1-8-5-10(15-12)14-11(13-8)6-16-4-2-3-9(16)7-17/h5,9,17H,2-4,6-7,12H2,1H3,(H,13,14,15). The molecule has 1 atom stereocenters. The number of aromatic nitrogens is 2. The van der Waals surface area contributed by atoms with E-state index in [1.807, 2.05) is 6.92 Å². The number of hydrogen-bond donors (Lipinski definition) is 3. The molecule has 0 saturated carbocycles. The van der Waals surface area contributed by atoms with E-state index < -0.39 is 0 Å². The number of likely N-dealkylation sites (tertiary alicyclic amines) is 1. The monoisotopic (exact) mass is 237 g/mol. The second-order valence-electron chi connectivity index (χ2n) is 4.40. The number of hydrazine groups is 1. The smallest absolute Gasteiger partial charge is 0.145 e. The maximum atomic E-state index is 9.25. The van der Waals surface area contributed by atoms with Crippen LogP contribution in [0.5, 0.6) is 0 Å². The fourth-order valence-corrected chi connectivity index (χ4v) is 2.27. The molecule has 2 heterocycles. The van der Waals surface area contributed by atoms with Crippen molar-refractivity contribution in [3.8, 4) is 0 Å². The Bertz CT molecular complexity index is 384. The Morgan fingerprint density at radius 1 is 1.59 bits per heavy atom. The summed E-state index contributed by atoms with van der Waals surface area (Å²) in [5.41, 5.74) is 3.43. The summed E-state index contributed by atoms with van der Waals surface area (Å²) in [5.74, 6) is 6.74. The molecule has 1 aliphatic rings. The highest BCUT2D eigenvalue weighted by molar-refractivity contribution is 5.33. The van der Waals surface area contributed by atoms with Crippen LogP contribution in [-0.2, 0) is 6.54 Å². The average Bonchev–Trinajstić information content (AvgIpc) is 2.75. The van der Waals surface area contributed by atoms with Gasteiger partial charge in [0.15, 0.2) is 0 Å². The lowest BCUT2D eigenvalue weighted by Gasteiger charge is -2.21. The SMILES string of the molecule is Cc1cc(NN)nc(CN2CCCC2CO)n1. The molecule has 0 amide bonds. The van der Waals surface area contributed by atoms with Crippen molar-refractivity contribution >= 4 is 5.82 Å². The first kappa shape index (κ1) is 12.2. The van der Waals surface area contributed by atoms with Gasteiger partial charge in [-0.05, 0) is 26.3 Å². The minimum absolute atomic E-state index is 0.202. The fourth-order valence-electron chi connectivity index (χ4n) is 2.27. The third-order valence-corrected chi connectivity index (χ3v) is 3.10. The predicted octanol–water partition coefficient (Wildman–Crippen LogP) is 0.0273. The molecule has 1 fully saturated rings. The summed E-state index contributed by atoms with van der Waals surface area (Å²) in [7, 11) is 0. The van der Waals surface area contributed by atoms with E-state index in [0.717, 1.165) is 30.9 Å². The quantitative estimate of drug-likeness (QED) is 0.506. The minimum Gasteiger partial charge on any atom is -0.395 e. The van der Waals surface area contributed by atoms with Crippen molar-refractivity contribution in [2.75, 3.05) is 18.6 Å². The van der Waals surface area contributed by atoms with Crippen molar-refractivity contribution in [1.29, 1.82) is 0 Å². The Balaban J connectivity index is 2.09. The van der Waals surface area contributed by atoms with E-state index in [4.69, 9.17) is 5.84 Å². The molecule has 94 valence electrons. The van der Waals surface area contributed by atoms with Crippen molar-refractivity contribution in [3.05, 3.63) is 17.6 Å². The van der Waals surface area contributed by atoms with Crippen molar-refractivity contribution in [3.63, 3.8) is 0 Å². The van der Waals surface area contributed by atoms with Crippen LogP contribution >= 0.6 is 0 Å². The fraction of sp³-hybridized carbons (Fsp3) is 0.636. The largest absolute Gasteiger partial charge is 0.395 e. The van der Waals surface area contributed by atoms with Crippen LogP contribution in [0.4, 0.5) is 5.82 Å². The number of nitrogen functional groups attached to an aromatic ring is 1. The summed E-state index contributed by atoms with van der Waals surface area (Å²) in [6, 6.07) is 2.05. The Morgan fingerprint density at radius 2 is 2.41 bits per heavy atom. The second-order valence-corrected chi connectivity index (χ2v) is 4.40. The summed E-state index contributed by atoms with van der Waals surface area (Å²) < 4.78 is 0. The third kappa shape index (κ3) is 2.91. The highest BCUT2D eigenvalue weighted by atomic mass is 16.3. The molecular formula is C11H19N5O. The topological polar surface area (TPSA) is 87.3 Å². The van der Waals surface area contributed by atoms with Gasteiger partial charge in [-0.15, -0.1) is 0 Å². The molecule has 0 radical (unpaired) electrons. The molecular weight excluding hydrogens is 218 g/mol. The van der Waals surface area contributed by atoms with Crippen LogP contribution < -0.4 is 11.3 Å². The maximum Gasteiger partial charge on any atom is 0.145 e. The number of rotatable bonds is 4. The molecule has 2 rings (SSSR count). The molecule has 6 heteroatoms. The lowest BCUT2D eigenvalue weighted by Crippen LogP contribution is -2.32. The van der Waals surface area contributed by atoms with Crippen LogP contribution in [0, 0.1) is 6.92 Å². The zero-order valence-electron chi connectivity index (χ0n) is 10.1. The molecule has 0 bridgehead atoms. The second kappa shape index (κ2) is 5.39. The molecule has 1 aliphatic heterocycles. The molecule has 4 N–H and O–H groups in total. The Kier molecular flexibility index (Phi) is 3.88. The third-order valence-electron chi connectivity index (χ3n) is 3.10. The number of aryl methyl sites for hydroxylation is 1. The van der Waals surface area contributed by atoms with Gasteiger partial charge in [0.05, 0.1) is 13.2 Å². The molecule has 1 aromatic rings. The van der Waals surface area contributed by atoms with Crippen LogP contribution in [-0.4, -0.2) is 39.2 Å². The van der Waals surface area contributed by atoms with Crippen molar-refractivity contribution < 1.29 is 5.11 Å². The lowest BCUT2D eigenvalue weighted by molar-refractivity contribution is 0.151. The number of nitrogens with two attached hydrogens (primary N) is 1. The van der Waals surface area contributed by atoms with Crippen LogP contribution in [0.1, 0.15) is 24.4 Å². The highest BCUT2D eigenvalue weighted by Gasteiger charge is 2.24. The Morgan fingerprint density at radius 3 is 3.12 bits per heavy atom. The van der Waals surface area contributed by atoms with E-state index >= 15 is 0 Å². The molecule has 1 aromatic heterocycles. The van der Waals surface area contributed by atoms with E-state index in [1.54, 1.807) is 6.07 Å². The Hall–Kier alpha value is -1.24. The van der Waals surface area contributed by atoms with Gasteiger partial charge in [0.25, 0.3) is 0 Å². The van der Waals surface area contributed by atoms with Gasteiger partial charge in [-0.2, -0.15) is 0 Å². The van der Waals surface area contributed by atoms with E-state index in [1.165, 1.54) is 0 Å². The van der Waals surface area contributed by atoms with Gasteiger partial charge in [-0.3, -0.25) is 4.90 Å². The number of nitrogens with one attached hydrogen (secondary N) is 1. The molecule has 0 spiro atoms. The zero-order valence-corrected chi connectivity index (χ0v) is 10.1. The number of aliphatic hydroxyl groups is 1. The molecule has 1 unspecified atom stereocenters. The summed E-state index contributed by atoms with van der Waals surface area (Å²) in [6.07, 6.45) is 2.17. The molecule has 0 aliphatic carbocycles. The molecule has 17 heavy (non-hydrogen) atoms. The highest BCUT2D eigenvalue weighted by Crippen LogP contribution is 2.18.